The monoisotopic (exact) mass is 254 g/mol. The van der Waals surface area contributed by atoms with Crippen LogP contribution in [0.2, 0.25) is 0 Å². The third-order valence-electron chi connectivity index (χ3n) is 3.19. The van der Waals surface area contributed by atoms with Crippen LogP contribution in [0.1, 0.15) is 22.8 Å². The van der Waals surface area contributed by atoms with Gasteiger partial charge in [0.15, 0.2) is 5.78 Å². The van der Waals surface area contributed by atoms with Gasteiger partial charge >= 0.3 is 0 Å². The fraction of sp³-hybridized carbons (Fsp3) is 0.188. The number of aryl methyl sites for hydroxylation is 1. The van der Waals surface area contributed by atoms with Crippen LogP contribution >= 0.6 is 0 Å². The molecule has 2 N–H and O–H groups in total. The van der Waals surface area contributed by atoms with Gasteiger partial charge in [0, 0.05) is 29.7 Å². The Morgan fingerprint density at radius 1 is 1.11 bits per heavy atom. The molecule has 2 rings (SSSR count). The Bertz CT molecular complexity index is 620. The van der Waals surface area contributed by atoms with Gasteiger partial charge in [-0.3, -0.25) is 4.79 Å². The van der Waals surface area contributed by atoms with Crippen LogP contribution in [0.15, 0.2) is 42.5 Å². The van der Waals surface area contributed by atoms with E-state index in [0.717, 1.165) is 11.4 Å². The summed E-state index contributed by atoms with van der Waals surface area (Å²) in [5.74, 6) is -0.0167. The normalized spacial score (nSPS) is 10.3. The highest BCUT2D eigenvalue weighted by molar-refractivity contribution is 6.00. The van der Waals surface area contributed by atoms with Crippen LogP contribution in [0.3, 0.4) is 0 Å². The van der Waals surface area contributed by atoms with Gasteiger partial charge in [0.25, 0.3) is 0 Å². The van der Waals surface area contributed by atoms with E-state index in [1.807, 2.05) is 36.2 Å². The first kappa shape index (κ1) is 13.1. The van der Waals surface area contributed by atoms with Gasteiger partial charge in [0.1, 0.15) is 0 Å². The summed E-state index contributed by atoms with van der Waals surface area (Å²) < 4.78 is 0. The van der Waals surface area contributed by atoms with Crippen molar-refractivity contribution in [2.75, 3.05) is 17.7 Å². The van der Waals surface area contributed by atoms with E-state index in [9.17, 15) is 4.79 Å². The summed E-state index contributed by atoms with van der Waals surface area (Å²) in [6.07, 6.45) is 0. The quantitative estimate of drug-likeness (QED) is 0.673. The highest BCUT2D eigenvalue weighted by Gasteiger charge is 2.09. The molecule has 0 heterocycles. The van der Waals surface area contributed by atoms with E-state index >= 15 is 0 Å². The molecule has 2 aromatic carbocycles. The second-order valence-corrected chi connectivity index (χ2v) is 4.73. The van der Waals surface area contributed by atoms with Crippen LogP contribution in [0, 0.1) is 6.92 Å². The number of anilines is 3. The SMILES string of the molecule is CC(=O)c1cc(N(C)c2cccc(C)c2)ccc1N. The van der Waals surface area contributed by atoms with Crippen molar-refractivity contribution in [1.29, 1.82) is 0 Å². The molecule has 0 saturated heterocycles. The molecule has 2 aromatic rings. The molecule has 0 aliphatic heterocycles. The third kappa shape index (κ3) is 2.76. The first-order valence-corrected chi connectivity index (χ1v) is 6.20. The van der Waals surface area contributed by atoms with Gasteiger partial charge < -0.3 is 10.6 Å². The molecule has 19 heavy (non-hydrogen) atoms. The molecule has 0 aliphatic rings. The van der Waals surface area contributed by atoms with Crippen molar-refractivity contribution in [1.82, 2.24) is 0 Å². The van der Waals surface area contributed by atoms with E-state index < -0.39 is 0 Å². The Morgan fingerprint density at radius 3 is 2.42 bits per heavy atom. The van der Waals surface area contributed by atoms with E-state index in [1.165, 1.54) is 12.5 Å². The summed E-state index contributed by atoms with van der Waals surface area (Å²) in [4.78, 5) is 13.6. The van der Waals surface area contributed by atoms with E-state index in [2.05, 4.69) is 19.1 Å². The lowest BCUT2D eigenvalue weighted by atomic mass is 10.1. The maximum Gasteiger partial charge on any atom is 0.161 e. The van der Waals surface area contributed by atoms with Crippen LogP contribution in [-0.4, -0.2) is 12.8 Å². The standard InChI is InChI=1S/C16H18N2O/c1-11-5-4-6-13(9-11)18(3)14-7-8-16(17)15(10-14)12(2)19/h4-10H,17H2,1-3H3. The molecular weight excluding hydrogens is 236 g/mol. The number of carbonyl (C=O) groups is 1. The molecule has 0 aliphatic carbocycles. The number of Topliss-reactive ketones (excluding diaryl/α,β-unsaturated/α-hetero) is 1. The zero-order chi connectivity index (χ0) is 14.0. The largest absolute Gasteiger partial charge is 0.398 e. The minimum Gasteiger partial charge on any atom is -0.398 e. The predicted octanol–water partition coefficient (Wildman–Crippen LogP) is 3.55. The first-order chi connectivity index (χ1) is 8.99. The molecule has 0 spiro atoms. The lowest BCUT2D eigenvalue weighted by molar-refractivity contribution is 0.101. The summed E-state index contributed by atoms with van der Waals surface area (Å²) in [7, 11) is 1.98. The lowest BCUT2D eigenvalue weighted by Crippen LogP contribution is -2.11. The summed E-state index contributed by atoms with van der Waals surface area (Å²) in [6, 6.07) is 13.7. The van der Waals surface area contributed by atoms with Gasteiger partial charge in [0.05, 0.1) is 0 Å². The number of carbonyl (C=O) groups excluding carboxylic acids is 1. The summed E-state index contributed by atoms with van der Waals surface area (Å²) in [5, 5.41) is 0. The van der Waals surface area contributed by atoms with Crippen molar-refractivity contribution < 1.29 is 4.79 Å². The van der Waals surface area contributed by atoms with Gasteiger partial charge in [-0.2, -0.15) is 0 Å². The molecule has 98 valence electrons. The number of benzene rings is 2. The lowest BCUT2D eigenvalue weighted by Gasteiger charge is -2.21. The molecule has 0 amide bonds. The highest BCUT2D eigenvalue weighted by atomic mass is 16.1. The van der Waals surface area contributed by atoms with Gasteiger partial charge in [-0.15, -0.1) is 0 Å². The van der Waals surface area contributed by atoms with Crippen molar-refractivity contribution in [3.63, 3.8) is 0 Å². The number of nitrogens with two attached hydrogens (primary N) is 1. The summed E-state index contributed by atoms with van der Waals surface area (Å²) in [5.41, 5.74) is 10.1. The molecule has 0 bridgehead atoms. The van der Waals surface area contributed by atoms with E-state index in [4.69, 9.17) is 5.73 Å². The molecule has 3 nitrogen and oxygen atoms in total. The van der Waals surface area contributed by atoms with E-state index in [0.29, 0.717) is 11.3 Å². The van der Waals surface area contributed by atoms with Crippen LogP contribution < -0.4 is 10.6 Å². The number of nitrogen functional groups attached to an aromatic ring is 1. The molecule has 0 atom stereocenters. The second-order valence-electron chi connectivity index (χ2n) is 4.73. The van der Waals surface area contributed by atoms with Crippen molar-refractivity contribution in [3.05, 3.63) is 53.6 Å². The minimum atomic E-state index is -0.0167. The Labute approximate surface area is 113 Å². The number of ketones is 1. The summed E-state index contributed by atoms with van der Waals surface area (Å²) in [6.45, 7) is 3.59. The van der Waals surface area contributed by atoms with E-state index in [1.54, 1.807) is 6.07 Å². The zero-order valence-corrected chi connectivity index (χ0v) is 11.5. The van der Waals surface area contributed by atoms with Crippen molar-refractivity contribution in [2.45, 2.75) is 13.8 Å². The topological polar surface area (TPSA) is 46.3 Å². The number of hydrogen-bond donors (Lipinski definition) is 1. The minimum absolute atomic E-state index is 0.0167. The molecule has 0 fully saturated rings. The Hall–Kier alpha value is -2.29. The van der Waals surface area contributed by atoms with Crippen LogP contribution in [0.25, 0.3) is 0 Å². The van der Waals surface area contributed by atoms with Crippen molar-refractivity contribution >= 4 is 22.8 Å². The highest BCUT2D eigenvalue weighted by Crippen LogP contribution is 2.27. The van der Waals surface area contributed by atoms with Crippen molar-refractivity contribution in [3.8, 4) is 0 Å². The molecule has 3 heteroatoms. The average molecular weight is 254 g/mol. The maximum atomic E-state index is 11.5. The number of hydrogen-bond acceptors (Lipinski definition) is 3. The Kier molecular flexibility index (Phi) is 3.56. The van der Waals surface area contributed by atoms with Crippen LogP contribution in [0.5, 0.6) is 0 Å². The van der Waals surface area contributed by atoms with E-state index in [-0.39, 0.29) is 5.78 Å². The zero-order valence-electron chi connectivity index (χ0n) is 11.5. The van der Waals surface area contributed by atoms with Crippen molar-refractivity contribution in [2.24, 2.45) is 0 Å². The summed E-state index contributed by atoms with van der Waals surface area (Å²) >= 11 is 0. The number of nitrogens with zero attached hydrogens (tertiary/aromatic N) is 1. The first-order valence-electron chi connectivity index (χ1n) is 6.20. The van der Waals surface area contributed by atoms with Gasteiger partial charge in [-0.05, 0) is 49.7 Å². The molecule has 0 aromatic heterocycles. The Morgan fingerprint density at radius 2 is 1.79 bits per heavy atom. The molecule has 0 unspecified atom stereocenters. The average Bonchev–Trinajstić information content (AvgIpc) is 2.38. The van der Waals surface area contributed by atoms with Gasteiger partial charge in [-0.1, -0.05) is 12.1 Å². The molecule has 0 saturated carbocycles. The van der Waals surface area contributed by atoms with Crippen LogP contribution in [0.4, 0.5) is 17.1 Å². The number of rotatable bonds is 3. The molecule has 0 radical (unpaired) electrons. The maximum absolute atomic E-state index is 11.5. The molecular formula is C16H18N2O. The van der Waals surface area contributed by atoms with Gasteiger partial charge in [0.2, 0.25) is 0 Å². The second kappa shape index (κ2) is 5.14. The predicted molar refractivity (Wildman–Crippen MR) is 80.1 cm³/mol. The van der Waals surface area contributed by atoms with Crippen LogP contribution in [-0.2, 0) is 0 Å². The van der Waals surface area contributed by atoms with Gasteiger partial charge in [-0.25, -0.2) is 0 Å². The fourth-order valence-electron chi connectivity index (χ4n) is 2.04. The Balaban J connectivity index is 2.42. The fourth-order valence-corrected chi connectivity index (χ4v) is 2.04. The third-order valence-corrected chi connectivity index (χ3v) is 3.19. The smallest absolute Gasteiger partial charge is 0.161 e.